The molecule has 0 atom stereocenters. The normalized spacial score (nSPS) is 16.2. The average molecular weight is 173 g/mol. The molecule has 1 aliphatic heterocycles. The molecule has 1 aliphatic rings. The highest BCUT2D eigenvalue weighted by molar-refractivity contribution is 6.07. The number of para-hydroxylation sites is 1. The first-order chi connectivity index (χ1) is 6.29. The number of nitrogens with zero attached hydrogens (tertiary/aromatic N) is 1. The fraction of sp³-hybridized carbons (Fsp3) is 0.182. The second kappa shape index (κ2) is 3.05. The van der Waals surface area contributed by atoms with Crippen molar-refractivity contribution in [3.05, 3.63) is 42.0 Å². The first-order valence-electron chi connectivity index (χ1n) is 4.33. The van der Waals surface area contributed by atoms with E-state index < -0.39 is 0 Å². The zero-order valence-electron chi connectivity index (χ0n) is 7.53. The van der Waals surface area contributed by atoms with Crippen LogP contribution < -0.4 is 4.90 Å². The highest BCUT2D eigenvalue weighted by Crippen LogP contribution is 2.19. The molecule has 0 fully saturated rings. The zero-order valence-corrected chi connectivity index (χ0v) is 7.53. The van der Waals surface area contributed by atoms with Crippen molar-refractivity contribution in [3.63, 3.8) is 0 Å². The molecule has 0 bridgehead atoms. The van der Waals surface area contributed by atoms with Crippen LogP contribution in [0.2, 0.25) is 0 Å². The molecule has 0 aliphatic carbocycles. The third-order valence-electron chi connectivity index (χ3n) is 2.23. The van der Waals surface area contributed by atoms with Crippen molar-refractivity contribution in [2.24, 2.45) is 0 Å². The van der Waals surface area contributed by atoms with E-state index in [1.54, 1.807) is 4.90 Å². The molecule has 66 valence electrons. The van der Waals surface area contributed by atoms with E-state index in [-0.39, 0.29) is 5.91 Å². The molecule has 0 saturated carbocycles. The van der Waals surface area contributed by atoms with Crippen molar-refractivity contribution < 1.29 is 4.79 Å². The molecule has 0 aromatic heterocycles. The van der Waals surface area contributed by atoms with Crippen LogP contribution in [0.1, 0.15) is 6.92 Å². The minimum atomic E-state index is 0.117. The van der Waals surface area contributed by atoms with Gasteiger partial charge in [0.15, 0.2) is 0 Å². The lowest BCUT2D eigenvalue weighted by molar-refractivity contribution is -0.114. The Kier molecular flexibility index (Phi) is 1.89. The lowest BCUT2D eigenvalue weighted by Gasteiger charge is -2.15. The van der Waals surface area contributed by atoms with E-state index in [2.05, 4.69) is 0 Å². The Morgan fingerprint density at radius 2 is 1.92 bits per heavy atom. The van der Waals surface area contributed by atoms with E-state index in [9.17, 15) is 4.79 Å². The molecule has 1 aromatic rings. The highest BCUT2D eigenvalue weighted by atomic mass is 16.2. The van der Waals surface area contributed by atoms with E-state index in [4.69, 9.17) is 0 Å². The van der Waals surface area contributed by atoms with Gasteiger partial charge < -0.3 is 4.90 Å². The predicted octanol–water partition coefficient (Wildman–Crippen LogP) is 1.98. The largest absolute Gasteiger partial charge is 0.305 e. The Balaban J connectivity index is 2.27. The van der Waals surface area contributed by atoms with Gasteiger partial charge in [0.2, 0.25) is 0 Å². The van der Waals surface area contributed by atoms with Gasteiger partial charge in [0.05, 0.1) is 0 Å². The second-order valence-corrected chi connectivity index (χ2v) is 3.14. The quantitative estimate of drug-likeness (QED) is 0.636. The lowest BCUT2D eigenvalue weighted by atomic mass is 10.3. The van der Waals surface area contributed by atoms with Crippen LogP contribution >= 0.6 is 0 Å². The Morgan fingerprint density at radius 3 is 2.46 bits per heavy atom. The standard InChI is InChI=1S/C11H11NO/c1-9-7-8-12(11(9)13)10-5-3-2-4-6-10/h2-7H,8H2,1H3. The Morgan fingerprint density at radius 1 is 1.23 bits per heavy atom. The summed E-state index contributed by atoms with van der Waals surface area (Å²) >= 11 is 0. The number of hydrogen-bond acceptors (Lipinski definition) is 1. The molecular formula is C11H11NO. The summed E-state index contributed by atoms with van der Waals surface area (Å²) in [6.07, 6.45) is 1.95. The maximum atomic E-state index is 11.6. The molecule has 1 aromatic carbocycles. The number of anilines is 1. The minimum Gasteiger partial charge on any atom is -0.305 e. The topological polar surface area (TPSA) is 20.3 Å². The van der Waals surface area contributed by atoms with E-state index >= 15 is 0 Å². The zero-order chi connectivity index (χ0) is 9.26. The van der Waals surface area contributed by atoms with Crippen LogP contribution in [-0.2, 0) is 4.79 Å². The Hall–Kier alpha value is -1.57. The summed E-state index contributed by atoms with van der Waals surface area (Å²) in [7, 11) is 0. The van der Waals surface area contributed by atoms with Gasteiger partial charge in [-0.15, -0.1) is 0 Å². The second-order valence-electron chi connectivity index (χ2n) is 3.14. The van der Waals surface area contributed by atoms with Gasteiger partial charge in [-0.05, 0) is 19.1 Å². The van der Waals surface area contributed by atoms with Crippen LogP contribution in [0.3, 0.4) is 0 Å². The fourth-order valence-electron chi connectivity index (χ4n) is 1.44. The van der Waals surface area contributed by atoms with E-state index in [0.717, 1.165) is 11.3 Å². The number of hydrogen-bond donors (Lipinski definition) is 0. The molecule has 13 heavy (non-hydrogen) atoms. The van der Waals surface area contributed by atoms with Gasteiger partial charge in [-0.2, -0.15) is 0 Å². The summed E-state index contributed by atoms with van der Waals surface area (Å²) in [6.45, 7) is 2.56. The van der Waals surface area contributed by atoms with Crippen LogP contribution in [0.4, 0.5) is 5.69 Å². The van der Waals surface area contributed by atoms with Crippen LogP contribution in [0, 0.1) is 0 Å². The molecule has 1 heterocycles. The van der Waals surface area contributed by atoms with Crippen molar-refractivity contribution in [1.29, 1.82) is 0 Å². The molecule has 1 amide bonds. The van der Waals surface area contributed by atoms with Gasteiger partial charge in [0.1, 0.15) is 0 Å². The summed E-state index contributed by atoms with van der Waals surface area (Å²) in [5, 5.41) is 0. The van der Waals surface area contributed by atoms with Crippen molar-refractivity contribution >= 4 is 11.6 Å². The molecule has 0 unspecified atom stereocenters. The van der Waals surface area contributed by atoms with Gasteiger partial charge in [-0.1, -0.05) is 24.3 Å². The maximum absolute atomic E-state index is 11.6. The molecular weight excluding hydrogens is 162 g/mol. The molecule has 0 radical (unpaired) electrons. The Bertz CT molecular complexity index is 354. The monoisotopic (exact) mass is 173 g/mol. The van der Waals surface area contributed by atoms with Crippen molar-refractivity contribution in [1.82, 2.24) is 0 Å². The first-order valence-corrected chi connectivity index (χ1v) is 4.33. The van der Waals surface area contributed by atoms with Crippen LogP contribution in [0.25, 0.3) is 0 Å². The maximum Gasteiger partial charge on any atom is 0.253 e. The molecule has 0 saturated heterocycles. The number of rotatable bonds is 1. The van der Waals surface area contributed by atoms with Crippen LogP contribution in [0.15, 0.2) is 42.0 Å². The highest BCUT2D eigenvalue weighted by Gasteiger charge is 2.21. The summed E-state index contributed by atoms with van der Waals surface area (Å²) in [6, 6.07) is 9.73. The Labute approximate surface area is 77.5 Å². The number of amides is 1. The number of benzene rings is 1. The van der Waals surface area contributed by atoms with E-state index in [1.165, 1.54) is 0 Å². The molecule has 2 rings (SSSR count). The van der Waals surface area contributed by atoms with Gasteiger partial charge in [0.25, 0.3) is 5.91 Å². The van der Waals surface area contributed by atoms with Crippen LogP contribution in [-0.4, -0.2) is 12.5 Å². The summed E-state index contributed by atoms with van der Waals surface area (Å²) in [5.74, 6) is 0.117. The van der Waals surface area contributed by atoms with Crippen LogP contribution in [0.5, 0.6) is 0 Å². The van der Waals surface area contributed by atoms with Gasteiger partial charge in [-0.3, -0.25) is 4.79 Å². The van der Waals surface area contributed by atoms with Crippen molar-refractivity contribution in [3.8, 4) is 0 Å². The van der Waals surface area contributed by atoms with Gasteiger partial charge in [-0.25, -0.2) is 0 Å². The fourth-order valence-corrected chi connectivity index (χ4v) is 1.44. The summed E-state index contributed by atoms with van der Waals surface area (Å²) in [4.78, 5) is 13.3. The van der Waals surface area contributed by atoms with Gasteiger partial charge >= 0.3 is 0 Å². The van der Waals surface area contributed by atoms with E-state index in [0.29, 0.717) is 6.54 Å². The molecule has 0 spiro atoms. The average Bonchev–Trinajstić information content (AvgIpc) is 2.49. The third kappa shape index (κ3) is 1.35. The van der Waals surface area contributed by atoms with Crippen molar-refractivity contribution in [2.45, 2.75) is 6.92 Å². The number of carbonyl (C=O) groups excluding carboxylic acids is 1. The SMILES string of the molecule is CC1=CCN(c2ccccc2)C1=O. The molecule has 2 heteroatoms. The predicted molar refractivity (Wildman–Crippen MR) is 52.6 cm³/mol. The number of carbonyl (C=O) groups is 1. The van der Waals surface area contributed by atoms with Gasteiger partial charge in [0, 0.05) is 17.8 Å². The lowest BCUT2D eigenvalue weighted by Crippen LogP contribution is -2.25. The molecule has 2 nitrogen and oxygen atoms in total. The third-order valence-corrected chi connectivity index (χ3v) is 2.23. The smallest absolute Gasteiger partial charge is 0.253 e. The summed E-state index contributed by atoms with van der Waals surface area (Å²) < 4.78 is 0. The van der Waals surface area contributed by atoms with E-state index in [1.807, 2.05) is 43.3 Å². The minimum absolute atomic E-state index is 0.117. The molecule has 0 N–H and O–H groups in total. The first kappa shape index (κ1) is 8.05. The van der Waals surface area contributed by atoms with Crippen molar-refractivity contribution in [2.75, 3.05) is 11.4 Å². The summed E-state index contributed by atoms with van der Waals surface area (Å²) in [5.41, 5.74) is 1.81.